The lowest BCUT2D eigenvalue weighted by molar-refractivity contribution is 0.433. The highest BCUT2D eigenvalue weighted by atomic mass is 15.1. The third-order valence-electron chi connectivity index (χ3n) is 2.13. The summed E-state index contributed by atoms with van der Waals surface area (Å²) in [5, 5.41) is 3.37. The van der Waals surface area contributed by atoms with Crippen LogP contribution in [0.5, 0.6) is 0 Å². The Morgan fingerprint density at radius 1 is 1.78 bits per heavy atom. The van der Waals surface area contributed by atoms with Crippen molar-refractivity contribution in [1.29, 1.82) is 0 Å². The topological polar surface area (TPSA) is 15.3 Å². The zero-order valence-corrected chi connectivity index (χ0v) is 5.72. The van der Waals surface area contributed by atoms with E-state index in [4.69, 9.17) is 0 Å². The fraction of sp³-hybridized carbons (Fsp3) is 0.714. The highest BCUT2D eigenvalue weighted by Gasteiger charge is 2.26. The summed E-state index contributed by atoms with van der Waals surface area (Å²) in [5.41, 5.74) is 1.46. The number of nitrogens with one attached hydrogen (secondary N) is 1. The lowest BCUT2D eigenvalue weighted by Crippen LogP contribution is -2.11. The lowest BCUT2D eigenvalue weighted by atomic mass is 10.1. The van der Waals surface area contributed by atoms with Crippen molar-refractivity contribution in [2.24, 2.45) is 5.92 Å². The Morgan fingerprint density at radius 2 is 2.67 bits per heavy atom. The molecule has 1 saturated heterocycles. The van der Waals surface area contributed by atoms with Crippen molar-refractivity contribution < 1.29 is 0 Å². The molecule has 0 amide bonds. The van der Waals surface area contributed by atoms with E-state index >= 15 is 0 Å². The van der Waals surface area contributed by atoms with Gasteiger partial charge in [-0.05, 0) is 6.42 Å². The van der Waals surface area contributed by atoms with Crippen molar-refractivity contribution in [1.82, 2.24) is 10.2 Å². The van der Waals surface area contributed by atoms with Crippen LogP contribution >= 0.6 is 0 Å². The molecular weight excluding hydrogens is 112 g/mol. The van der Waals surface area contributed by atoms with Crippen LogP contribution in [0, 0.1) is 5.92 Å². The monoisotopic (exact) mass is 124 g/mol. The first-order chi connectivity index (χ1) is 4.36. The first kappa shape index (κ1) is 5.15. The van der Waals surface area contributed by atoms with Gasteiger partial charge in [0.25, 0.3) is 0 Å². The smallest absolute Gasteiger partial charge is 0.0318 e. The molecule has 2 aliphatic heterocycles. The van der Waals surface area contributed by atoms with Gasteiger partial charge >= 0.3 is 0 Å². The maximum absolute atomic E-state index is 3.37. The van der Waals surface area contributed by atoms with Gasteiger partial charge in [0.15, 0.2) is 0 Å². The van der Waals surface area contributed by atoms with Crippen molar-refractivity contribution in [3.8, 4) is 0 Å². The quantitative estimate of drug-likeness (QED) is 0.502. The van der Waals surface area contributed by atoms with E-state index in [1.165, 1.54) is 25.2 Å². The summed E-state index contributed by atoms with van der Waals surface area (Å²) in [6.07, 6.45) is 3.55. The second kappa shape index (κ2) is 1.66. The Balaban J connectivity index is 2.18. The van der Waals surface area contributed by atoms with Crippen molar-refractivity contribution in [3.63, 3.8) is 0 Å². The maximum atomic E-state index is 3.37. The molecule has 0 aromatic heterocycles. The summed E-state index contributed by atoms with van der Waals surface area (Å²) in [7, 11) is 2.13. The van der Waals surface area contributed by atoms with Gasteiger partial charge in [0.2, 0.25) is 0 Å². The Kier molecular flexibility index (Phi) is 0.949. The van der Waals surface area contributed by atoms with E-state index in [0.717, 1.165) is 5.92 Å². The molecule has 2 heterocycles. The second-order valence-electron chi connectivity index (χ2n) is 2.94. The molecule has 50 valence electrons. The van der Waals surface area contributed by atoms with Gasteiger partial charge in [-0.15, -0.1) is 0 Å². The summed E-state index contributed by atoms with van der Waals surface area (Å²) < 4.78 is 0. The first-order valence-corrected chi connectivity index (χ1v) is 3.52. The van der Waals surface area contributed by atoms with E-state index < -0.39 is 0 Å². The van der Waals surface area contributed by atoms with E-state index in [0.29, 0.717) is 0 Å². The van der Waals surface area contributed by atoms with Gasteiger partial charge in [0, 0.05) is 38.0 Å². The van der Waals surface area contributed by atoms with E-state index in [9.17, 15) is 0 Å². The van der Waals surface area contributed by atoms with E-state index in [-0.39, 0.29) is 0 Å². The van der Waals surface area contributed by atoms with Crippen LogP contribution < -0.4 is 5.32 Å². The van der Waals surface area contributed by atoms with Crippen LogP contribution in [0.4, 0.5) is 0 Å². The molecule has 0 aromatic carbocycles. The number of hydrogen-bond donors (Lipinski definition) is 1. The summed E-state index contributed by atoms with van der Waals surface area (Å²) in [5.74, 6) is 0.829. The van der Waals surface area contributed by atoms with Crippen molar-refractivity contribution in [2.75, 3.05) is 20.1 Å². The van der Waals surface area contributed by atoms with Gasteiger partial charge in [-0.25, -0.2) is 0 Å². The number of rotatable bonds is 0. The van der Waals surface area contributed by atoms with Gasteiger partial charge in [-0.1, -0.05) is 0 Å². The van der Waals surface area contributed by atoms with Gasteiger partial charge in [-0.3, -0.25) is 0 Å². The van der Waals surface area contributed by atoms with Gasteiger partial charge in [0.1, 0.15) is 0 Å². The molecule has 0 aromatic rings. The minimum atomic E-state index is 0.829. The first-order valence-electron chi connectivity index (χ1n) is 3.52. The van der Waals surface area contributed by atoms with Crippen LogP contribution in [0.25, 0.3) is 0 Å². The van der Waals surface area contributed by atoms with Gasteiger partial charge in [-0.2, -0.15) is 0 Å². The maximum Gasteiger partial charge on any atom is 0.0318 e. The third-order valence-corrected chi connectivity index (χ3v) is 2.13. The standard InChI is InChI=1S/C7H12N2/c1-9-4-6-2-3-8-7(6)5-9/h5-6,8H,2-4H2,1H3/t6-/m1/s1. The minimum absolute atomic E-state index is 0.829. The zero-order chi connectivity index (χ0) is 6.27. The molecule has 0 radical (unpaired) electrons. The molecule has 2 aliphatic rings. The van der Waals surface area contributed by atoms with Crippen molar-refractivity contribution in [2.45, 2.75) is 6.42 Å². The van der Waals surface area contributed by atoms with E-state index in [2.05, 4.69) is 23.5 Å². The number of hydrogen-bond acceptors (Lipinski definition) is 2. The van der Waals surface area contributed by atoms with Crippen LogP contribution in [0.2, 0.25) is 0 Å². The predicted octanol–water partition coefficient (Wildman–Crippen LogP) is 0.383. The normalized spacial score (nSPS) is 31.9. The molecule has 1 atom stereocenters. The fourth-order valence-corrected chi connectivity index (χ4v) is 1.67. The predicted molar refractivity (Wildman–Crippen MR) is 36.8 cm³/mol. The fourth-order valence-electron chi connectivity index (χ4n) is 1.67. The number of fused-ring (bicyclic) bond motifs is 1. The van der Waals surface area contributed by atoms with Crippen LogP contribution in [-0.2, 0) is 0 Å². The largest absolute Gasteiger partial charge is 0.387 e. The molecular formula is C7H12N2. The van der Waals surface area contributed by atoms with Crippen LogP contribution in [0.3, 0.4) is 0 Å². The Morgan fingerprint density at radius 3 is 3.44 bits per heavy atom. The van der Waals surface area contributed by atoms with E-state index in [1.807, 2.05) is 0 Å². The molecule has 0 spiro atoms. The summed E-state index contributed by atoms with van der Waals surface area (Å²) in [6.45, 7) is 2.41. The molecule has 1 N–H and O–H groups in total. The molecule has 2 nitrogen and oxygen atoms in total. The van der Waals surface area contributed by atoms with Gasteiger partial charge < -0.3 is 10.2 Å². The molecule has 0 aliphatic carbocycles. The Hall–Kier alpha value is -0.660. The van der Waals surface area contributed by atoms with Crippen LogP contribution in [0.15, 0.2) is 11.9 Å². The SMILES string of the molecule is CN1C=C2NCC[C@@H]2C1. The Bertz CT molecular complexity index is 151. The van der Waals surface area contributed by atoms with Crippen molar-refractivity contribution in [3.05, 3.63) is 11.9 Å². The van der Waals surface area contributed by atoms with Crippen molar-refractivity contribution >= 4 is 0 Å². The molecule has 1 fully saturated rings. The average Bonchev–Trinajstić information content (AvgIpc) is 2.22. The Labute approximate surface area is 55.5 Å². The molecule has 2 heteroatoms. The highest BCUT2D eigenvalue weighted by molar-refractivity contribution is 5.14. The molecule has 0 saturated carbocycles. The molecule has 0 unspecified atom stereocenters. The van der Waals surface area contributed by atoms with E-state index in [1.54, 1.807) is 0 Å². The average molecular weight is 124 g/mol. The van der Waals surface area contributed by atoms with Gasteiger partial charge in [0.05, 0.1) is 0 Å². The van der Waals surface area contributed by atoms with Crippen LogP contribution in [-0.4, -0.2) is 25.0 Å². The molecule has 0 bridgehead atoms. The summed E-state index contributed by atoms with van der Waals surface area (Å²) in [6, 6.07) is 0. The molecule has 2 rings (SSSR count). The minimum Gasteiger partial charge on any atom is -0.387 e. The zero-order valence-electron chi connectivity index (χ0n) is 5.72. The third kappa shape index (κ3) is 0.696. The number of nitrogens with zero attached hydrogens (tertiary/aromatic N) is 1. The van der Waals surface area contributed by atoms with Crippen LogP contribution in [0.1, 0.15) is 6.42 Å². The summed E-state index contributed by atoms with van der Waals surface area (Å²) in [4.78, 5) is 2.26. The second-order valence-corrected chi connectivity index (χ2v) is 2.94. The lowest BCUT2D eigenvalue weighted by Gasteiger charge is -2.07. The highest BCUT2D eigenvalue weighted by Crippen LogP contribution is 2.25. The summed E-state index contributed by atoms with van der Waals surface area (Å²) >= 11 is 0. The molecule has 9 heavy (non-hydrogen) atoms.